The Kier molecular flexibility index (Phi) is 4.21. The Morgan fingerprint density at radius 1 is 0.958 bits per heavy atom. The highest BCUT2D eigenvalue weighted by Crippen LogP contribution is 2.60. The standard InChI is InChI=1S/C22H36O2/c1-14(2)13-21(6,20(3,4)5)19(23)24-22(7)17-9-15-8-16(11-17)12-18(22)10-15/h13,15-18H,8-12H2,1-7H3. The maximum absolute atomic E-state index is 13.4. The number of carbonyl (C=O) groups excluding carboxylic acids is 1. The van der Waals surface area contributed by atoms with Gasteiger partial charge in [-0.2, -0.15) is 0 Å². The molecule has 4 bridgehead atoms. The third kappa shape index (κ3) is 2.74. The molecule has 0 heterocycles. The van der Waals surface area contributed by atoms with Crippen molar-refractivity contribution in [2.24, 2.45) is 34.5 Å². The molecule has 1 unspecified atom stereocenters. The van der Waals surface area contributed by atoms with E-state index in [0.717, 1.165) is 11.8 Å². The van der Waals surface area contributed by atoms with Gasteiger partial charge in [-0.1, -0.05) is 32.4 Å². The van der Waals surface area contributed by atoms with E-state index >= 15 is 0 Å². The summed E-state index contributed by atoms with van der Waals surface area (Å²) in [6.45, 7) is 14.9. The van der Waals surface area contributed by atoms with Crippen molar-refractivity contribution in [3.05, 3.63) is 11.6 Å². The second-order valence-electron chi connectivity index (χ2n) is 10.6. The smallest absolute Gasteiger partial charge is 0.316 e. The number of hydrogen-bond donors (Lipinski definition) is 0. The molecule has 0 aromatic carbocycles. The van der Waals surface area contributed by atoms with Crippen LogP contribution in [0.3, 0.4) is 0 Å². The summed E-state index contributed by atoms with van der Waals surface area (Å²) in [5.74, 6) is 2.92. The molecule has 0 radical (unpaired) electrons. The number of carbonyl (C=O) groups is 1. The van der Waals surface area contributed by atoms with E-state index in [1.807, 2.05) is 0 Å². The monoisotopic (exact) mass is 332 g/mol. The fraction of sp³-hybridized carbons (Fsp3) is 0.864. The quantitative estimate of drug-likeness (QED) is 0.485. The van der Waals surface area contributed by atoms with Crippen LogP contribution in [0.5, 0.6) is 0 Å². The van der Waals surface area contributed by atoms with Gasteiger partial charge < -0.3 is 4.74 Å². The molecule has 0 aromatic rings. The van der Waals surface area contributed by atoms with E-state index in [0.29, 0.717) is 11.8 Å². The van der Waals surface area contributed by atoms with Crippen LogP contribution in [0.2, 0.25) is 0 Å². The number of hydrogen-bond acceptors (Lipinski definition) is 2. The van der Waals surface area contributed by atoms with Crippen LogP contribution in [0.25, 0.3) is 0 Å². The summed E-state index contributed by atoms with van der Waals surface area (Å²) in [6, 6.07) is 0. The van der Waals surface area contributed by atoms with Crippen LogP contribution in [0, 0.1) is 34.5 Å². The SMILES string of the molecule is CC(C)=CC(C)(C(=O)OC1(C)C2CC3CC(C2)CC1C3)C(C)(C)C. The van der Waals surface area contributed by atoms with Crippen molar-refractivity contribution in [1.29, 1.82) is 0 Å². The third-order valence-electron chi connectivity index (χ3n) is 7.63. The molecule has 4 saturated carbocycles. The van der Waals surface area contributed by atoms with Crippen LogP contribution < -0.4 is 0 Å². The molecule has 4 aliphatic rings. The van der Waals surface area contributed by atoms with Gasteiger partial charge in [0.05, 0.1) is 5.41 Å². The first-order valence-corrected chi connectivity index (χ1v) is 9.85. The summed E-state index contributed by atoms with van der Waals surface area (Å²) >= 11 is 0. The lowest BCUT2D eigenvalue weighted by Gasteiger charge is -2.59. The normalized spacial score (nSPS) is 40.1. The van der Waals surface area contributed by atoms with Gasteiger partial charge in [0.2, 0.25) is 0 Å². The molecule has 0 spiro atoms. The summed E-state index contributed by atoms with van der Waals surface area (Å²) in [6.07, 6.45) is 8.62. The van der Waals surface area contributed by atoms with Gasteiger partial charge in [-0.25, -0.2) is 0 Å². The highest BCUT2D eigenvalue weighted by atomic mass is 16.6. The first-order chi connectivity index (χ1) is 11.0. The molecular formula is C22H36O2. The summed E-state index contributed by atoms with van der Waals surface area (Å²) in [7, 11) is 0. The Labute approximate surface area is 148 Å². The molecule has 4 fully saturated rings. The molecule has 2 nitrogen and oxygen atoms in total. The second kappa shape index (κ2) is 5.61. The molecule has 1 atom stereocenters. The topological polar surface area (TPSA) is 26.3 Å². The van der Waals surface area contributed by atoms with Crippen LogP contribution in [-0.2, 0) is 9.53 Å². The van der Waals surface area contributed by atoms with Crippen LogP contribution in [0.15, 0.2) is 11.6 Å². The maximum atomic E-state index is 13.4. The van der Waals surface area contributed by atoms with Crippen LogP contribution in [-0.4, -0.2) is 11.6 Å². The molecule has 0 aliphatic heterocycles. The van der Waals surface area contributed by atoms with Crippen molar-refractivity contribution in [2.75, 3.05) is 0 Å². The fourth-order valence-corrected chi connectivity index (χ4v) is 5.75. The number of allylic oxidation sites excluding steroid dienone is 1. The molecule has 0 amide bonds. The molecule has 0 saturated heterocycles. The van der Waals surface area contributed by atoms with Gasteiger partial charge >= 0.3 is 5.97 Å². The lowest BCUT2D eigenvalue weighted by Crippen LogP contribution is -2.59. The number of ether oxygens (including phenoxy) is 1. The predicted octanol–water partition coefficient (Wildman–Crippen LogP) is 5.76. The predicted molar refractivity (Wildman–Crippen MR) is 98.5 cm³/mol. The van der Waals surface area contributed by atoms with Gasteiger partial charge in [0.25, 0.3) is 0 Å². The highest BCUT2D eigenvalue weighted by Gasteiger charge is 2.58. The van der Waals surface area contributed by atoms with E-state index in [1.54, 1.807) is 0 Å². The van der Waals surface area contributed by atoms with E-state index in [1.165, 1.54) is 37.7 Å². The molecule has 0 aromatic heterocycles. The first kappa shape index (κ1) is 18.0. The zero-order valence-electron chi connectivity index (χ0n) is 16.7. The average Bonchev–Trinajstić information content (AvgIpc) is 2.42. The Bertz CT molecular complexity index is 519. The largest absolute Gasteiger partial charge is 0.458 e. The van der Waals surface area contributed by atoms with Crippen molar-refractivity contribution >= 4 is 5.97 Å². The fourth-order valence-electron chi connectivity index (χ4n) is 5.75. The van der Waals surface area contributed by atoms with Crippen molar-refractivity contribution in [2.45, 2.75) is 86.2 Å². The number of esters is 1. The van der Waals surface area contributed by atoms with Crippen molar-refractivity contribution < 1.29 is 9.53 Å². The van der Waals surface area contributed by atoms with Crippen molar-refractivity contribution in [3.8, 4) is 0 Å². The summed E-state index contributed by atoms with van der Waals surface area (Å²) in [4.78, 5) is 13.4. The van der Waals surface area contributed by atoms with E-state index in [9.17, 15) is 4.79 Å². The highest BCUT2D eigenvalue weighted by molar-refractivity contribution is 5.80. The molecule has 0 N–H and O–H groups in total. The van der Waals surface area contributed by atoms with E-state index in [4.69, 9.17) is 4.74 Å². The summed E-state index contributed by atoms with van der Waals surface area (Å²) in [5, 5.41) is 0. The lowest BCUT2D eigenvalue weighted by molar-refractivity contribution is -0.213. The minimum Gasteiger partial charge on any atom is -0.458 e. The van der Waals surface area contributed by atoms with Gasteiger partial charge in [-0.3, -0.25) is 4.79 Å². The van der Waals surface area contributed by atoms with Crippen molar-refractivity contribution in [3.63, 3.8) is 0 Å². The molecule has 4 aliphatic carbocycles. The van der Waals surface area contributed by atoms with Crippen molar-refractivity contribution in [1.82, 2.24) is 0 Å². The van der Waals surface area contributed by atoms with Gasteiger partial charge in [0.1, 0.15) is 5.60 Å². The molecule has 136 valence electrons. The van der Waals surface area contributed by atoms with Gasteiger partial charge in [0, 0.05) is 0 Å². The minimum atomic E-state index is -0.580. The average molecular weight is 333 g/mol. The van der Waals surface area contributed by atoms with E-state index in [2.05, 4.69) is 54.5 Å². The van der Waals surface area contributed by atoms with E-state index in [-0.39, 0.29) is 17.0 Å². The minimum absolute atomic E-state index is 0.0221. The Hall–Kier alpha value is -0.790. The van der Waals surface area contributed by atoms with Crippen LogP contribution in [0.1, 0.15) is 80.6 Å². The first-order valence-electron chi connectivity index (χ1n) is 9.85. The molecule has 2 heteroatoms. The Morgan fingerprint density at radius 2 is 1.42 bits per heavy atom. The molecule has 24 heavy (non-hydrogen) atoms. The molecule has 4 rings (SSSR count). The lowest BCUT2D eigenvalue weighted by atomic mass is 9.50. The van der Waals surface area contributed by atoms with Gasteiger partial charge in [-0.05, 0) is 88.9 Å². The van der Waals surface area contributed by atoms with Gasteiger partial charge in [-0.15, -0.1) is 0 Å². The van der Waals surface area contributed by atoms with Gasteiger partial charge in [0.15, 0.2) is 0 Å². The zero-order valence-corrected chi connectivity index (χ0v) is 16.7. The Morgan fingerprint density at radius 3 is 1.79 bits per heavy atom. The van der Waals surface area contributed by atoms with E-state index < -0.39 is 5.41 Å². The summed E-state index contributed by atoms with van der Waals surface area (Å²) in [5.41, 5.74) is 0.194. The zero-order chi connectivity index (χ0) is 17.9. The number of rotatable bonds is 3. The third-order valence-corrected chi connectivity index (χ3v) is 7.63. The van der Waals surface area contributed by atoms with Crippen LogP contribution in [0.4, 0.5) is 0 Å². The second-order valence-corrected chi connectivity index (χ2v) is 10.6. The molecular weight excluding hydrogens is 296 g/mol. The maximum Gasteiger partial charge on any atom is 0.316 e. The Balaban J connectivity index is 1.86. The van der Waals surface area contributed by atoms with Crippen LogP contribution >= 0.6 is 0 Å². The summed E-state index contributed by atoms with van der Waals surface area (Å²) < 4.78 is 6.42.